The second-order valence-electron chi connectivity index (χ2n) is 5.31. The number of hydrogen-bond acceptors (Lipinski definition) is 2. The molecule has 110 valence electrons. The number of ether oxygens (including phenoxy) is 1. The highest BCUT2D eigenvalue weighted by molar-refractivity contribution is 5.78. The predicted molar refractivity (Wildman–Crippen MR) is 81.5 cm³/mol. The van der Waals surface area contributed by atoms with E-state index in [2.05, 4.69) is 0 Å². The molecule has 3 heteroatoms. The van der Waals surface area contributed by atoms with Gasteiger partial charge in [-0.2, -0.15) is 0 Å². The molecule has 0 aliphatic rings. The fraction of sp³-hybridized carbons (Fsp3) is 0.278. The van der Waals surface area contributed by atoms with E-state index in [-0.39, 0.29) is 17.9 Å². The van der Waals surface area contributed by atoms with Gasteiger partial charge in [0.2, 0.25) is 0 Å². The quantitative estimate of drug-likeness (QED) is 0.771. The Balaban J connectivity index is 2.25. The molecule has 1 unspecified atom stereocenters. The van der Waals surface area contributed by atoms with E-state index in [9.17, 15) is 9.18 Å². The van der Waals surface area contributed by atoms with Gasteiger partial charge in [0.15, 0.2) is 0 Å². The van der Waals surface area contributed by atoms with E-state index in [1.165, 1.54) is 6.07 Å². The van der Waals surface area contributed by atoms with E-state index in [0.717, 1.165) is 5.56 Å². The summed E-state index contributed by atoms with van der Waals surface area (Å²) in [5, 5.41) is 0. The fourth-order valence-electron chi connectivity index (χ4n) is 2.12. The summed E-state index contributed by atoms with van der Waals surface area (Å²) >= 11 is 0. The van der Waals surface area contributed by atoms with Gasteiger partial charge in [-0.25, -0.2) is 4.39 Å². The molecule has 0 bridgehead atoms. The highest BCUT2D eigenvalue weighted by Gasteiger charge is 2.19. The molecular formula is C18H19FO2. The number of carbonyl (C=O) groups is 1. The Labute approximate surface area is 124 Å². The molecule has 1 atom stereocenters. The van der Waals surface area contributed by atoms with Crippen molar-refractivity contribution >= 4 is 5.97 Å². The Hall–Kier alpha value is -2.16. The molecule has 0 aliphatic carbocycles. The lowest BCUT2D eigenvalue weighted by atomic mass is 9.97. The van der Waals surface area contributed by atoms with Crippen LogP contribution in [0.4, 0.5) is 4.39 Å². The van der Waals surface area contributed by atoms with Gasteiger partial charge in [-0.05, 0) is 38.0 Å². The lowest BCUT2D eigenvalue weighted by molar-refractivity contribution is -0.148. The molecule has 2 aromatic carbocycles. The van der Waals surface area contributed by atoms with Gasteiger partial charge in [-0.3, -0.25) is 4.79 Å². The van der Waals surface area contributed by atoms with Gasteiger partial charge in [0.1, 0.15) is 5.82 Å². The lowest BCUT2D eigenvalue weighted by Crippen LogP contribution is -2.17. The number of hydrogen-bond donors (Lipinski definition) is 0. The minimum absolute atomic E-state index is 0.173. The lowest BCUT2D eigenvalue weighted by Gasteiger charge is -2.15. The zero-order valence-corrected chi connectivity index (χ0v) is 12.5. The maximum absolute atomic E-state index is 14.3. The number of benzene rings is 2. The second-order valence-corrected chi connectivity index (χ2v) is 5.31. The number of halogens is 1. The van der Waals surface area contributed by atoms with E-state index in [4.69, 9.17) is 4.74 Å². The van der Waals surface area contributed by atoms with E-state index in [1.54, 1.807) is 32.9 Å². The smallest absolute Gasteiger partial charge is 0.313 e. The van der Waals surface area contributed by atoms with Gasteiger partial charge >= 0.3 is 5.97 Å². The summed E-state index contributed by atoms with van der Waals surface area (Å²) in [4.78, 5) is 11.9. The molecule has 0 N–H and O–H groups in total. The Bertz CT molecular complexity index is 620. The maximum atomic E-state index is 14.3. The van der Waals surface area contributed by atoms with Crippen LogP contribution in [-0.2, 0) is 9.53 Å². The summed E-state index contributed by atoms with van der Waals surface area (Å²) in [6, 6.07) is 14.2. The number of esters is 1. The average molecular weight is 286 g/mol. The van der Waals surface area contributed by atoms with E-state index in [0.29, 0.717) is 11.1 Å². The molecule has 0 fully saturated rings. The summed E-state index contributed by atoms with van der Waals surface area (Å²) in [6.45, 7) is 5.31. The molecule has 2 rings (SSSR count). The molecule has 0 saturated heterocycles. The largest absolute Gasteiger partial charge is 0.463 e. The molecule has 0 spiro atoms. The van der Waals surface area contributed by atoms with E-state index < -0.39 is 5.92 Å². The Morgan fingerprint density at radius 1 is 1.05 bits per heavy atom. The average Bonchev–Trinajstić information content (AvgIpc) is 2.46. The van der Waals surface area contributed by atoms with Crippen molar-refractivity contribution in [1.82, 2.24) is 0 Å². The van der Waals surface area contributed by atoms with Gasteiger partial charge in [-0.15, -0.1) is 0 Å². The first-order valence-corrected chi connectivity index (χ1v) is 7.04. The van der Waals surface area contributed by atoms with Gasteiger partial charge in [0.05, 0.1) is 12.0 Å². The van der Waals surface area contributed by atoms with Crippen molar-refractivity contribution in [2.45, 2.75) is 32.8 Å². The molecule has 21 heavy (non-hydrogen) atoms. The maximum Gasteiger partial charge on any atom is 0.313 e. The van der Waals surface area contributed by atoms with Gasteiger partial charge < -0.3 is 4.74 Å². The second kappa shape index (κ2) is 6.53. The van der Waals surface area contributed by atoms with Crippen LogP contribution in [0.3, 0.4) is 0 Å². The standard InChI is InChI=1S/C18H19FO2/c1-12(2)21-18(20)13(3)15-9-10-16(17(19)11-15)14-7-5-4-6-8-14/h4-13H,1-3H3. The number of rotatable bonds is 4. The normalized spacial score (nSPS) is 12.2. The first kappa shape index (κ1) is 15.2. The van der Waals surface area contributed by atoms with Crippen LogP contribution < -0.4 is 0 Å². The fourth-order valence-corrected chi connectivity index (χ4v) is 2.12. The first-order valence-electron chi connectivity index (χ1n) is 7.04. The molecule has 0 radical (unpaired) electrons. The monoisotopic (exact) mass is 286 g/mol. The summed E-state index contributed by atoms with van der Waals surface area (Å²) in [5.41, 5.74) is 1.97. The summed E-state index contributed by atoms with van der Waals surface area (Å²) in [6.07, 6.45) is -0.173. The third kappa shape index (κ3) is 3.69. The van der Waals surface area contributed by atoms with Crippen LogP contribution in [0.5, 0.6) is 0 Å². The zero-order chi connectivity index (χ0) is 15.4. The molecule has 2 nitrogen and oxygen atoms in total. The minimum atomic E-state index is -0.480. The highest BCUT2D eigenvalue weighted by Crippen LogP contribution is 2.26. The van der Waals surface area contributed by atoms with Crippen LogP contribution in [0.1, 0.15) is 32.3 Å². The molecule has 0 amide bonds. The first-order chi connectivity index (χ1) is 9.99. The molecular weight excluding hydrogens is 267 g/mol. The number of carbonyl (C=O) groups excluding carboxylic acids is 1. The van der Waals surface area contributed by atoms with E-state index in [1.807, 2.05) is 30.3 Å². The van der Waals surface area contributed by atoms with E-state index >= 15 is 0 Å². The van der Waals surface area contributed by atoms with Gasteiger partial charge in [0, 0.05) is 5.56 Å². The third-order valence-corrected chi connectivity index (χ3v) is 3.28. The highest BCUT2D eigenvalue weighted by atomic mass is 19.1. The van der Waals surface area contributed by atoms with Crippen LogP contribution in [0.2, 0.25) is 0 Å². The summed E-state index contributed by atoms with van der Waals surface area (Å²) < 4.78 is 19.4. The third-order valence-electron chi connectivity index (χ3n) is 3.28. The minimum Gasteiger partial charge on any atom is -0.463 e. The Morgan fingerprint density at radius 2 is 1.71 bits per heavy atom. The SMILES string of the molecule is CC(C)OC(=O)C(C)c1ccc(-c2ccccc2)c(F)c1. The topological polar surface area (TPSA) is 26.3 Å². The zero-order valence-electron chi connectivity index (χ0n) is 12.5. The molecule has 0 aromatic heterocycles. The summed E-state index contributed by atoms with van der Waals surface area (Å²) in [7, 11) is 0. The van der Waals surface area contributed by atoms with Crippen LogP contribution >= 0.6 is 0 Å². The van der Waals surface area contributed by atoms with Crippen molar-refractivity contribution in [3.8, 4) is 11.1 Å². The molecule has 2 aromatic rings. The van der Waals surface area contributed by atoms with Crippen molar-refractivity contribution in [2.24, 2.45) is 0 Å². The van der Waals surface area contributed by atoms with Crippen LogP contribution in [0.15, 0.2) is 48.5 Å². The van der Waals surface area contributed by atoms with Crippen molar-refractivity contribution in [3.05, 3.63) is 59.9 Å². The Kier molecular flexibility index (Phi) is 4.73. The van der Waals surface area contributed by atoms with Crippen LogP contribution in [0.25, 0.3) is 11.1 Å². The van der Waals surface area contributed by atoms with Crippen LogP contribution in [-0.4, -0.2) is 12.1 Å². The van der Waals surface area contributed by atoms with Crippen LogP contribution in [0, 0.1) is 5.82 Å². The van der Waals surface area contributed by atoms with Crippen molar-refractivity contribution in [2.75, 3.05) is 0 Å². The molecule has 0 saturated carbocycles. The molecule has 0 aliphatic heterocycles. The summed E-state index contributed by atoms with van der Waals surface area (Å²) in [5.74, 6) is -1.15. The van der Waals surface area contributed by atoms with Gasteiger partial charge in [-0.1, -0.05) is 42.5 Å². The molecule has 0 heterocycles. The predicted octanol–water partition coefficient (Wildman–Crippen LogP) is 4.55. The van der Waals surface area contributed by atoms with Crippen molar-refractivity contribution in [1.29, 1.82) is 0 Å². The Morgan fingerprint density at radius 3 is 2.29 bits per heavy atom. The van der Waals surface area contributed by atoms with Crippen molar-refractivity contribution < 1.29 is 13.9 Å². The van der Waals surface area contributed by atoms with Crippen molar-refractivity contribution in [3.63, 3.8) is 0 Å². The van der Waals surface area contributed by atoms with Gasteiger partial charge in [0.25, 0.3) is 0 Å².